The van der Waals surface area contributed by atoms with E-state index in [9.17, 15) is 4.79 Å². The first-order valence-corrected chi connectivity index (χ1v) is 8.52. The van der Waals surface area contributed by atoms with Gasteiger partial charge in [0.05, 0.1) is 17.4 Å². The fourth-order valence-electron chi connectivity index (χ4n) is 2.86. The molecule has 1 atom stereocenters. The predicted octanol–water partition coefficient (Wildman–Crippen LogP) is 0.853. The van der Waals surface area contributed by atoms with Gasteiger partial charge in [0, 0.05) is 32.1 Å². The summed E-state index contributed by atoms with van der Waals surface area (Å²) in [6.45, 7) is 9.25. The van der Waals surface area contributed by atoms with Crippen molar-refractivity contribution in [1.82, 2.24) is 25.2 Å². The van der Waals surface area contributed by atoms with Crippen LogP contribution in [-0.2, 0) is 16.9 Å². The van der Waals surface area contributed by atoms with Crippen molar-refractivity contribution in [3.05, 3.63) is 11.9 Å². The lowest BCUT2D eigenvalue weighted by Gasteiger charge is -2.35. The van der Waals surface area contributed by atoms with Crippen molar-refractivity contribution in [3.63, 3.8) is 0 Å². The summed E-state index contributed by atoms with van der Waals surface area (Å²) < 4.78 is 1.91. The maximum absolute atomic E-state index is 11.6. The van der Waals surface area contributed by atoms with Gasteiger partial charge in [-0.1, -0.05) is 11.6 Å². The molecule has 130 valence electrons. The normalized spacial score (nSPS) is 19.7. The zero-order chi connectivity index (χ0) is 16.9. The number of amides is 1. The van der Waals surface area contributed by atoms with Crippen LogP contribution < -0.4 is 11.1 Å². The van der Waals surface area contributed by atoms with Crippen molar-refractivity contribution in [1.29, 1.82) is 0 Å². The summed E-state index contributed by atoms with van der Waals surface area (Å²) >= 11 is 0. The topological polar surface area (TPSA) is 89.1 Å². The molecule has 1 fully saturated rings. The Balaban J connectivity index is 1.93. The maximum atomic E-state index is 11.6. The first-order valence-electron chi connectivity index (χ1n) is 8.52. The molecule has 1 aliphatic heterocycles. The minimum Gasteiger partial charge on any atom is -0.354 e. The third-order valence-electron chi connectivity index (χ3n) is 4.25. The van der Waals surface area contributed by atoms with Crippen molar-refractivity contribution >= 4 is 5.91 Å². The highest BCUT2D eigenvalue weighted by Gasteiger charge is 2.24. The number of piperidine rings is 1. The van der Waals surface area contributed by atoms with Gasteiger partial charge in [-0.2, -0.15) is 0 Å². The molecule has 1 saturated heterocycles. The molecule has 0 bridgehead atoms. The molecule has 7 heteroatoms. The van der Waals surface area contributed by atoms with Crippen molar-refractivity contribution < 1.29 is 4.79 Å². The first-order chi connectivity index (χ1) is 10.9. The molecule has 3 N–H and O–H groups in total. The van der Waals surface area contributed by atoms with E-state index in [0.29, 0.717) is 25.6 Å². The highest BCUT2D eigenvalue weighted by atomic mass is 16.1. The van der Waals surface area contributed by atoms with Gasteiger partial charge in [-0.3, -0.25) is 9.69 Å². The number of nitrogens with one attached hydrogen (secondary N) is 1. The van der Waals surface area contributed by atoms with E-state index < -0.39 is 0 Å². The molecule has 2 heterocycles. The summed E-state index contributed by atoms with van der Waals surface area (Å²) in [6.07, 6.45) is 5.94. The van der Waals surface area contributed by atoms with Crippen LogP contribution in [0.1, 0.15) is 52.1 Å². The lowest BCUT2D eigenvalue weighted by Crippen LogP contribution is -2.46. The van der Waals surface area contributed by atoms with Crippen LogP contribution >= 0.6 is 0 Å². The monoisotopic (exact) mass is 322 g/mol. The van der Waals surface area contributed by atoms with E-state index >= 15 is 0 Å². The molecule has 0 radical (unpaired) electrons. The summed E-state index contributed by atoms with van der Waals surface area (Å²) in [7, 11) is 0. The quantitative estimate of drug-likeness (QED) is 0.810. The highest BCUT2D eigenvalue weighted by Crippen LogP contribution is 2.19. The molecule has 1 aromatic heterocycles. The van der Waals surface area contributed by atoms with Gasteiger partial charge in [-0.25, -0.2) is 4.68 Å². The number of hydrogen-bond acceptors (Lipinski definition) is 5. The minimum absolute atomic E-state index is 0.0386. The van der Waals surface area contributed by atoms with Crippen LogP contribution in [0.15, 0.2) is 6.20 Å². The fourth-order valence-corrected chi connectivity index (χ4v) is 2.86. The van der Waals surface area contributed by atoms with Gasteiger partial charge in [0.2, 0.25) is 5.91 Å². The molecule has 0 aliphatic carbocycles. The molecule has 0 aromatic carbocycles. The van der Waals surface area contributed by atoms with Gasteiger partial charge in [-0.05, 0) is 40.2 Å². The Morgan fingerprint density at radius 3 is 2.87 bits per heavy atom. The molecule has 1 aromatic rings. The molecule has 2 rings (SSSR count). The van der Waals surface area contributed by atoms with E-state index in [2.05, 4.69) is 41.3 Å². The Morgan fingerprint density at radius 2 is 2.22 bits per heavy atom. The molecule has 1 amide bonds. The van der Waals surface area contributed by atoms with Crippen molar-refractivity contribution in [3.8, 4) is 0 Å². The molecule has 0 spiro atoms. The Hall–Kier alpha value is -1.47. The molecule has 1 unspecified atom stereocenters. The largest absolute Gasteiger partial charge is 0.354 e. The van der Waals surface area contributed by atoms with Crippen molar-refractivity contribution in [2.24, 2.45) is 5.73 Å². The number of rotatable bonds is 6. The van der Waals surface area contributed by atoms with E-state index in [0.717, 1.165) is 25.2 Å². The van der Waals surface area contributed by atoms with Crippen LogP contribution in [0.5, 0.6) is 0 Å². The van der Waals surface area contributed by atoms with Gasteiger partial charge in [0.25, 0.3) is 0 Å². The third kappa shape index (κ3) is 5.28. The van der Waals surface area contributed by atoms with E-state index in [1.165, 1.54) is 12.8 Å². The van der Waals surface area contributed by atoms with Crippen LogP contribution in [0.3, 0.4) is 0 Å². The summed E-state index contributed by atoms with van der Waals surface area (Å²) in [5.74, 6) is 0.0386. The predicted molar refractivity (Wildman–Crippen MR) is 89.7 cm³/mol. The number of carbonyl (C=O) groups excluding carboxylic acids is 1. The summed E-state index contributed by atoms with van der Waals surface area (Å²) in [5, 5.41) is 11.5. The Labute approximate surface area is 138 Å². The molecule has 23 heavy (non-hydrogen) atoms. The van der Waals surface area contributed by atoms with Gasteiger partial charge in [-0.15, -0.1) is 5.10 Å². The second kappa shape index (κ2) is 7.88. The van der Waals surface area contributed by atoms with Crippen molar-refractivity contribution in [2.75, 3.05) is 19.6 Å². The average Bonchev–Trinajstić information content (AvgIpc) is 2.95. The fraction of sp³-hybridized carbons (Fsp3) is 0.812. The van der Waals surface area contributed by atoms with E-state index in [1.54, 1.807) is 0 Å². The lowest BCUT2D eigenvalue weighted by atomic mass is 10.0. The zero-order valence-corrected chi connectivity index (χ0v) is 14.6. The number of aromatic nitrogens is 3. The van der Waals surface area contributed by atoms with Crippen molar-refractivity contribution in [2.45, 2.75) is 64.6 Å². The SMILES string of the molecule is CC(C)(C)n1cc(CN2CCCCC2CNC(=O)CCN)nn1. The summed E-state index contributed by atoms with van der Waals surface area (Å²) in [5.41, 5.74) is 6.35. The number of hydrogen-bond donors (Lipinski definition) is 2. The second-order valence-electron chi connectivity index (χ2n) is 7.29. The van der Waals surface area contributed by atoms with Crippen LogP contribution in [0.25, 0.3) is 0 Å². The second-order valence-corrected chi connectivity index (χ2v) is 7.29. The van der Waals surface area contributed by atoms with E-state index in [4.69, 9.17) is 5.73 Å². The zero-order valence-electron chi connectivity index (χ0n) is 14.6. The standard InChI is InChI=1S/C16H30N6O/c1-16(2,3)22-12-13(19-20-22)11-21-9-5-4-6-14(21)10-18-15(23)7-8-17/h12,14H,4-11,17H2,1-3H3,(H,18,23). The van der Waals surface area contributed by atoms with Crippen LogP contribution in [0.2, 0.25) is 0 Å². The number of carbonyl (C=O) groups is 1. The Morgan fingerprint density at radius 1 is 1.43 bits per heavy atom. The van der Waals surface area contributed by atoms with Gasteiger partial charge in [0.1, 0.15) is 0 Å². The van der Waals surface area contributed by atoms with Crippen LogP contribution in [-0.4, -0.2) is 51.5 Å². The van der Waals surface area contributed by atoms with Crippen LogP contribution in [0.4, 0.5) is 0 Å². The number of nitrogens with two attached hydrogens (primary N) is 1. The average molecular weight is 322 g/mol. The third-order valence-corrected chi connectivity index (χ3v) is 4.25. The first kappa shape index (κ1) is 17.9. The molecule has 0 saturated carbocycles. The highest BCUT2D eigenvalue weighted by molar-refractivity contribution is 5.76. The Bertz CT molecular complexity index is 507. The van der Waals surface area contributed by atoms with E-state index in [-0.39, 0.29) is 11.4 Å². The smallest absolute Gasteiger partial charge is 0.221 e. The molecule has 7 nitrogen and oxygen atoms in total. The molecular weight excluding hydrogens is 292 g/mol. The lowest BCUT2D eigenvalue weighted by molar-refractivity contribution is -0.121. The van der Waals surface area contributed by atoms with Gasteiger partial charge >= 0.3 is 0 Å². The Kier molecular flexibility index (Phi) is 6.12. The number of nitrogens with zero attached hydrogens (tertiary/aromatic N) is 4. The minimum atomic E-state index is -0.0528. The van der Waals surface area contributed by atoms with Gasteiger partial charge in [0.15, 0.2) is 0 Å². The summed E-state index contributed by atoms with van der Waals surface area (Å²) in [4.78, 5) is 14.0. The molecule has 1 aliphatic rings. The van der Waals surface area contributed by atoms with Crippen LogP contribution in [0, 0.1) is 0 Å². The van der Waals surface area contributed by atoms with Gasteiger partial charge < -0.3 is 11.1 Å². The molecular formula is C16H30N6O. The van der Waals surface area contributed by atoms with E-state index in [1.807, 2.05) is 10.9 Å². The summed E-state index contributed by atoms with van der Waals surface area (Å²) in [6, 6.07) is 0.366. The number of likely N-dealkylation sites (tertiary alicyclic amines) is 1. The maximum Gasteiger partial charge on any atom is 0.221 e.